The van der Waals surface area contributed by atoms with Gasteiger partial charge in [0, 0.05) is 32.5 Å². The van der Waals surface area contributed by atoms with Crippen LogP contribution in [0.3, 0.4) is 0 Å². The molecule has 0 aromatic carbocycles. The molecule has 4 nitrogen and oxygen atoms in total. The molecule has 0 unspecified atom stereocenters. The SMILES string of the molecule is COCCn1cc(CN(C)C)ccc1=O. The van der Waals surface area contributed by atoms with Gasteiger partial charge in [-0.1, -0.05) is 6.07 Å². The Morgan fingerprint density at radius 1 is 1.40 bits per heavy atom. The lowest BCUT2D eigenvalue weighted by Gasteiger charge is -2.11. The molecule has 0 aliphatic carbocycles. The topological polar surface area (TPSA) is 34.5 Å². The molecule has 0 bridgehead atoms. The largest absolute Gasteiger partial charge is 0.383 e. The normalized spacial score (nSPS) is 10.9. The zero-order valence-corrected chi connectivity index (χ0v) is 9.56. The van der Waals surface area contributed by atoms with E-state index in [-0.39, 0.29) is 5.56 Å². The lowest BCUT2D eigenvalue weighted by Crippen LogP contribution is -2.22. The molecule has 1 rings (SSSR count). The van der Waals surface area contributed by atoms with Crippen molar-refractivity contribution in [2.75, 3.05) is 27.8 Å². The van der Waals surface area contributed by atoms with Crippen LogP contribution in [0.15, 0.2) is 23.1 Å². The third kappa shape index (κ3) is 3.85. The molecule has 0 N–H and O–H groups in total. The molecule has 1 heterocycles. The van der Waals surface area contributed by atoms with Crippen molar-refractivity contribution in [1.82, 2.24) is 9.47 Å². The zero-order chi connectivity index (χ0) is 11.3. The molecule has 0 saturated carbocycles. The Morgan fingerprint density at radius 2 is 2.13 bits per heavy atom. The van der Waals surface area contributed by atoms with Crippen molar-refractivity contribution in [2.45, 2.75) is 13.1 Å². The summed E-state index contributed by atoms with van der Waals surface area (Å²) >= 11 is 0. The second-order valence-electron chi connectivity index (χ2n) is 3.80. The molecule has 15 heavy (non-hydrogen) atoms. The van der Waals surface area contributed by atoms with Crippen molar-refractivity contribution in [3.05, 3.63) is 34.2 Å². The van der Waals surface area contributed by atoms with Gasteiger partial charge in [-0.15, -0.1) is 0 Å². The van der Waals surface area contributed by atoms with E-state index in [1.54, 1.807) is 17.7 Å². The average Bonchev–Trinajstić information content (AvgIpc) is 2.18. The number of nitrogens with zero attached hydrogens (tertiary/aromatic N) is 2. The van der Waals surface area contributed by atoms with Crippen LogP contribution in [0.25, 0.3) is 0 Å². The lowest BCUT2D eigenvalue weighted by molar-refractivity contribution is 0.186. The van der Waals surface area contributed by atoms with Crippen molar-refractivity contribution in [1.29, 1.82) is 0 Å². The van der Waals surface area contributed by atoms with Crippen LogP contribution in [0, 0.1) is 0 Å². The molecule has 0 amide bonds. The number of hydrogen-bond acceptors (Lipinski definition) is 3. The summed E-state index contributed by atoms with van der Waals surface area (Å²) in [6, 6.07) is 3.47. The molecule has 0 atom stereocenters. The highest BCUT2D eigenvalue weighted by molar-refractivity contribution is 5.09. The number of aromatic nitrogens is 1. The summed E-state index contributed by atoms with van der Waals surface area (Å²) in [6.07, 6.45) is 1.89. The van der Waals surface area contributed by atoms with Crippen molar-refractivity contribution in [3.8, 4) is 0 Å². The van der Waals surface area contributed by atoms with Crippen LogP contribution in [0.1, 0.15) is 5.56 Å². The molecule has 84 valence electrons. The van der Waals surface area contributed by atoms with Crippen molar-refractivity contribution in [3.63, 3.8) is 0 Å². The predicted octanol–water partition coefficient (Wildman–Crippen LogP) is 0.556. The Labute approximate surface area is 90.1 Å². The third-order valence-corrected chi connectivity index (χ3v) is 2.08. The molecular formula is C11H18N2O2. The van der Waals surface area contributed by atoms with E-state index >= 15 is 0 Å². The molecule has 0 fully saturated rings. The number of methoxy groups -OCH3 is 1. The monoisotopic (exact) mass is 210 g/mol. The van der Waals surface area contributed by atoms with Gasteiger partial charge in [0.2, 0.25) is 0 Å². The summed E-state index contributed by atoms with van der Waals surface area (Å²) in [5.74, 6) is 0. The van der Waals surface area contributed by atoms with Crippen LogP contribution < -0.4 is 5.56 Å². The van der Waals surface area contributed by atoms with Gasteiger partial charge in [0.25, 0.3) is 5.56 Å². The quantitative estimate of drug-likeness (QED) is 0.712. The van der Waals surface area contributed by atoms with Gasteiger partial charge >= 0.3 is 0 Å². The van der Waals surface area contributed by atoms with E-state index in [9.17, 15) is 4.79 Å². The first-order chi connectivity index (χ1) is 7.13. The van der Waals surface area contributed by atoms with E-state index in [4.69, 9.17) is 4.74 Å². The highest BCUT2D eigenvalue weighted by atomic mass is 16.5. The Balaban J connectivity index is 2.80. The van der Waals surface area contributed by atoms with Gasteiger partial charge < -0.3 is 14.2 Å². The molecule has 0 aliphatic rings. The van der Waals surface area contributed by atoms with Gasteiger partial charge in [-0.3, -0.25) is 4.79 Å². The van der Waals surface area contributed by atoms with E-state index in [0.29, 0.717) is 13.2 Å². The van der Waals surface area contributed by atoms with E-state index in [1.165, 1.54) is 0 Å². The van der Waals surface area contributed by atoms with Crippen LogP contribution in [0.2, 0.25) is 0 Å². The summed E-state index contributed by atoms with van der Waals surface area (Å²) in [7, 11) is 5.64. The average molecular weight is 210 g/mol. The van der Waals surface area contributed by atoms with Crippen LogP contribution >= 0.6 is 0 Å². The van der Waals surface area contributed by atoms with Crippen molar-refractivity contribution in [2.24, 2.45) is 0 Å². The molecule has 0 aliphatic heterocycles. The third-order valence-electron chi connectivity index (χ3n) is 2.08. The van der Waals surface area contributed by atoms with Gasteiger partial charge in [-0.2, -0.15) is 0 Å². The standard InChI is InChI=1S/C11H18N2O2/c1-12(2)8-10-4-5-11(14)13(9-10)6-7-15-3/h4-5,9H,6-8H2,1-3H3. The maximum Gasteiger partial charge on any atom is 0.250 e. The van der Waals surface area contributed by atoms with E-state index in [2.05, 4.69) is 4.90 Å². The minimum absolute atomic E-state index is 0.0227. The molecule has 4 heteroatoms. The summed E-state index contributed by atoms with van der Waals surface area (Å²) < 4.78 is 6.63. The van der Waals surface area contributed by atoms with Gasteiger partial charge in [-0.25, -0.2) is 0 Å². The minimum Gasteiger partial charge on any atom is -0.383 e. The summed E-state index contributed by atoms with van der Waals surface area (Å²) in [4.78, 5) is 13.5. The number of pyridine rings is 1. The number of hydrogen-bond donors (Lipinski definition) is 0. The fourth-order valence-corrected chi connectivity index (χ4v) is 1.40. The number of rotatable bonds is 5. The van der Waals surface area contributed by atoms with E-state index in [1.807, 2.05) is 26.4 Å². The van der Waals surface area contributed by atoms with Gasteiger partial charge in [0.15, 0.2) is 0 Å². The molecule has 1 aromatic heterocycles. The second-order valence-corrected chi connectivity index (χ2v) is 3.80. The van der Waals surface area contributed by atoms with Crippen molar-refractivity contribution >= 4 is 0 Å². The van der Waals surface area contributed by atoms with Crippen LogP contribution in [0.4, 0.5) is 0 Å². The Kier molecular flexibility index (Phi) is 4.52. The van der Waals surface area contributed by atoms with Crippen LogP contribution in [-0.4, -0.2) is 37.3 Å². The maximum absolute atomic E-state index is 11.5. The molecule has 0 spiro atoms. The van der Waals surface area contributed by atoms with E-state index in [0.717, 1.165) is 12.1 Å². The van der Waals surface area contributed by atoms with E-state index < -0.39 is 0 Å². The molecule has 0 saturated heterocycles. The first-order valence-electron chi connectivity index (χ1n) is 4.96. The van der Waals surface area contributed by atoms with Crippen LogP contribution in [-0.2, 0) is 17.8 Å². The second kappa shape index (κ2) is 5.68. The molecule has 1 aromatic rings. The minimum atomic E-state index is 0.0227. The summed E-state index contributed by atoms with van der Waals surface area (Å²) in [5.41, 5.74) is 1.16. The molecule has 0 radical (unpaired) electrons. The zero-order valence-electron chi connectivity index (χ0n) is 9.56. The summed E-state index contributed by atoms with van der Waals surface area (Å²) in [5, 5.41) is 0. The van der Waals surface area contributed by atoms with Gasteiger partial charge in [0.05, 0.1) is 6.61 Å². The van der Waals surface area contributed by atoms with Gasteiger partial charge in [0.1, 0.15) is 0 Å². The predicted molar refractivity (Wildman–Crippen MR) is 60.0 cm³/mol. The van der Waals surface area contributed by atoms with Crippen molar-refractivity contribution < 1.29 is 4.74 Å². The Hall–Kier alpha value is -1.13. The first kappa shape index (κ1) is 11.9. The smallest absolute Gasteiger partial charge is 0.250 e. The number of ether oxygens (including phenoxy) is 1. The molecular weight excluding hydrogens is 192 g/mol. The highest BCUT2D eigenvalue weighted by Gasteiger charge is 1.99. The highest BCUT2D eigenvalue weighted by Crippen LogP contribution is 1.98. The first-order valence-corrected chi connectivity index (χ1v) is 4.96. The summed E-state index contributed by atoms with van der Waals surface area (Å²) in [6.45, 7) is 2.01. The fraction of sp³-hybridized carbons (Fsp3) is 0.545. The van der Waals surface area contributed by atoms with Crippen LogP contribution in [0.5, 0.6) is 0 Å². The maximum atomic E-state index is 11.5. The Morgan fingerprint density at radius 3 is 2.73 bits per heavy atom. The van der Waals surface area contributed by atoms with Gasteiger partial charge in [-0.05, 0) is 19.7 Å². The Bertz CT molecular complexity index is 358. The fourth-order valence-electron chi connectivity index (χ4n) is 1.40. The lowest BCUT2D eigenvalue weighted by atomic mass is 10.2.